The first-order valence-electron chi connectivity index (χ1n) is 15.2. The van der Waals surface area contributed by atoms with Gasteiger partial charge in [-0.3, -0.25) is 19.1 Å². The number of fused-ring (bicyclic) bond motifs is 3. The minimum Gasteiger partial charge on any atom is -0.471 e. The Labute approximate surface area is 255 Å². The summed E-state index contributed by atoms with van der Waals surface area (Å²) < 4.78 is 47.4. The lowest BCUT2D eigenvalue weighted by Crippen LogP contribution is -2.57. The molecule has 0 radical (unpaired) electrons. The summed E-state index contributed by atoms with van der Waals surface area (Å²) in [5, 5.41) is 2.22. The Balaban J connectivity index is 1.27. The zero-order valence-electron chi connectivity index (χ0n) is 24.5. The average Bonchev–Trinajstić information content (AvgIpc) is 3.89. The van der Waals surface area contributed by atoms with E-state index in [9.17, 15) is 27.2 Å². The van der Waals surface area contributed by atoms with Gasteiger partial charge in [-0.05, 0) is 57.6 Å². The number of carbonyl (C=O) groups excluding carboxylic acids is 3. The molecule has 0 bridgehead atoms. The molecule has 0 unspecified atom stereocenters. The Morgan fingerprint density at radius 1 is 1.16 bits per heavy atom. The van der Waals surface area contributed by atoms with Crippen molar-refractivity contribution in [3.63, 3.8) is 0 Å². The van der Waals surface area contributed by atoms with E-state index in [1.165, 1.54) is 23.1 Å². The lowest BCUT2D eigenvalue weighted by atomic mass is 10.1. The Bertz CT molecular complexity index is 1630. The van der Waals surface area contributed by atoms with Crippen LogP contribution in [-0.2, 0) is 24.4 Å². The second-order valence-corrected chi connectivity index (χ2v) is 14.3. The van der Waals surface area contributed by atoms with E-state index in [1.807, 2.05) is 12.2 Å². The summed E-state index contributed by atoms with van der Waals surface area (Å²) in [6, 6.07) is 2.21. The first-order valence-corrected chi connectivity index (χ1v) is 16.7. The predicted octanol–water partition coefficient (Wildman–Crippen LogP) is 1.76. The van der Waals surface area contributed by atoms with Crippen molar-refractivity contribution >= 4 is 38.8 Å². The Morgan fingerprint density at radius 2 is 1.95 bits per heavy atom. The largest absolute Gasteiger partial charge is 0.471 e. The SMILES string of the molecule is Cc1nc2ccc(F)cc2nc1O[C@@H]1C[C@H]2C(=O)N[C@]3(C(=O)NS(=O)(=O)C4CC4)C[C@H]3/C=C\CCCCC[C@H](N)C(=O)N2C1. The number of sulfonamides is 1. The number of amides is 3. The van der Waals surface area contributed by atoms with Gasteiger partial charge in [-0.1, -0.05) is 25.0 Å². The molecule has 4 N–H and O–H groups in total. The number of benzene rings is 1. The van der Waals surface area contributed by atoms with E-state index in [1.54, 1.807) is 6.92 Å². The first-order chi connectivity index (χ1) is 21.0. The maximum absolute atomic E-state index is 13.9. The molecule has 2 aromatic rings. The maximum Gasteiger partial charge on any atom is 0.259 e. The molecule has 12 nitrogen and oxygen atoms in total. The van der Waals surface area contributed by atoms with Gasteiger partial charge >= 0.3 is 0 Å². The van der Waals surface area contributed by atoms with Crippen molar-refractivity contribution < 1.29 is 31.9 Å². The van der Waals surface area contributed by atoms with Gasteiger partial charge in [0.05, 0.1) is 28.9 Å². The highest BCUT2D eigenvalue weighted by Crippen LogP contribution is 2.46. The topological polar surface area (TPSA) is 174 Å². The van der Waals surface area contributed by atoms with Crippen LogP contribution < -0.4 is 20.5 Å². The van der Waals surface area contributed by atoms with Crippen LogP contribution in [0, 0.1) is 18.7 Å². The van der Waals surface area contributed by atoms with Gasteiger partial charge in [0.15, 0.2) is 0 Å². The normalized spacial score (nSPS) is 30.4. The van der Waals surface area contributed by atoms with E-state index in [-0.39, 0.29) is 31.2 Å². The summed E-state index contributed by atoms with van der Waals surface area (Å²) in [6.07, 6.45) is 8.10. The molecule has 1 aromatic heterocycles. The van der Waals surface area contributed by atoms with Crippen LogP contribution >= 0.6 is 0 Å². The van der Waals surface area contributed by atoms with Crippen molar-refractivity contribution in [3.8, 4) is 5.88 Å². The van der Waals surface area contributed by atoms with Crippen LogP contribution in [-0.4, -0.2) is 76.5 Å². The van der Waals surface area contributed by atoms with Crippen molar-refractivity contribution in [2.45, 2.75) is 93.7 Å². The molecule has 1 saturated heterocycles. The van der Waals surface area contributed by atoms with Gasteiger partial charge in [0.25, 0.3) is 5.91 Å². The van der Waals surface area contributed by atoms with Crippen molar-refractivity contribution in [3.05, 3.63) is 41.9 Å². The minimum atomic E-state index is -3.84. The van der Waals surface area contributed by atoms with Gasteiger partial charge in [-0.25, -0.2) is 22.8 Å². The number of hydrogen-bond acceptors (Lipinski definition) is 9. The number of nitrogens with zero attached hydrogens (tertiary/aromatic N) is 3. The Hall–Kier alpha value is -3.65. The van der Waals surface area contributed by atoms with E-state index >= 15 is 0 Å². The van der Waals surface area contributed by atoms with Crippen LogP contribution in [0.4, 0.5) is 4.39 Å². The number of hydrogen-bond donors (Lipinski definition) is 3. The van der Waals surface area contributed by atoms with E-state index in [2.05, 4.69) is 20.0 Å². The van der Waals surface area contributed by atoms with Crippen LogP contribution in [0.5, 0.6) is 5.88 Å². The first kappa shape index (κ1) is 30.4. The molecule has 3 fully saturated rings. The van der Waals surface area contributed by atoms with Crippen LogP contribution in [0.3, 0.4) is 0 Å². The van der Waals surface area contributed by atoms with Crippen LogP contribution in [0.15, 0.2) is 30.4 Å². The summed E-state index contributed by atoms with van der Waals surface area (Å²) in [5.41, 5.74) is 6.12. The molecule has 5 atom stereocenters. The average molecular weight is 629 g/mol. The minimum absolute atomic E-state index is 0.0332. The number of ether oxygens (including phenoxy) is 1. The molecule has 6 rings (SSSR count). The maximum atomic E-state index is 13.9. The lowest BCUT2D eigenvalue weighted by molar-refractivity contribution is -0.140. The smallest absolute Gasteiger partial charge is 0.259 e. The molecule has 2 saturated carbocycles. The van der Waals surface area contributed by atoms with Crippen LogP contribution in [0.1, 0.15) is 63.5 Å². The summed E-state index contributed by atoms with van der Waals surface area (Å²) in [5.74, 6) is -2.48. The number of halogens is 1. The fourth-order valence-corrected chi connectivity index (χ4v) is 7.47. The number of nitrogens with two attached hydrogens (primary N) is 1. The standard InChI is InChI=1S/C30H37FN6O6S/c1-17-27(34-24-13-19(31)9-12-23(24)33-17)43-20-14-25-26(38)35-30(29(40)36-44(41,42)21-10-11-21)15-18(30)7-5-3-2-4-6-8-22(32)28(39)37(25)16-20/h5,7,9,12-13,18,20-22,25H,2-4,6,8,10-11,14-16,32H2,1H3,(H,35,38)(H,36,40)/b7-5-/t18-,20-,22+,25+,30-/m1/s1. The number of allylic oxidation sites excluding steroid dienone is 1. The quantitative estimate of drug-likeness (QED) is 0.417. The number of aromatic nitrogens is 2. The monoisotopic (exact) mass is 628 g/mol. The van der Waals surface area contributed by atoms with Gasteiger partial charge in [0.1, 0.15) is 29.2 Å². The van der Waals surface area contributed by atoms with Crippen molar-refractivity contribution in [1.82, 2.24) is 24.9 Å². The molecule has 2 aliphatic heterocycles. The molecule has 236 valence electrons. The second-order valence-electron chi connectivity index (χ2n) is 12.3. The third-order valence-corrected chi connectivity index (χ3v) is 10.7. The van der Waals surface area contributed by atoms with Gasteiger partial charge in [0.2, 0.25) is 27.7 Å². The Morgan fingerprint density at radius 3 is 2.73 bits per heavy atom. The molecule has 0 spiro atoms. The number of carbonyl (C=O) groups is 3. The highest BCUT2D eigenvalue weighted by atomic mass is 32.2. The summed E-state index contributed by atoms with van der Waals surface area (Å²) in [7, 11) is -3.84. The lowest BCUT2D eigenvalue weighted by Gasteiger charge is -2.28. The summed E-state index contributed by atoms with van der Waals surface area (Å²) in [4.78, 5) is 51.2. The highest BCUT2D eigenvalue weighted by molar-refractivity contribution is 7.91. The van der Waals surface area contributed by atoms with Crippen molar-refractivity contribution in [2.24, 2.45) is 11.7 Å². The van der Waals surface area contributed by atoms with Gasteiger partial charge in [-0.2, -0.15) is 0 Å². The molecule has 3 heterocycles. The zero-order chi connectivity index (χ0) is 31.2. The predicted molar refractivity (Wildman–Crippen MR) is 158 cm³/mol. The fraction of sp³-hybridized carbons (Fsp3) is 0.567. The molecular weight excluding hydrogens is 591 g/mol. The number of rotatable bonds is 5. The van der Waals surface area contributed by atoms with Gasteiger partial charge in [0, 0.05) is 18.4 Å². The van der Waals surface area contributed by atoms with E-state index in [0.717, 1.165) is 25.7 Å². The van der Waals surface area contributed by atoms with E-state index in [4.69, 9.17) is 10.5 Å². The van der Waals surface area contributed by atoms with E-state index < -0.39 is 62.5 Å². The second kappa shape index (κ2) is 11.7. The summed E-state index contributed by atoms with van der Waals surface area (Å²) >= 11 is 0. The molecule has 1 aromatic carbocycles. The van der Waals surface area contributed by atoms with Crippen molar-refractivity contribution in [1.29, 1.82) is 0 Å². The third-order valence-electron chi connectivity index (χ3n) is 8.92. The molecule has 2 aliphatic carbocycles. The third kappa shape index (κ3) is 6.14. The van der Waals surface area contributed by atoms with Gasteiger partial charge in [-0.15, -0.1) is 0 Å². The number of aryl methyl sites for hydroxylation is 1. The van der Waals surface area contributed by atoms with Crippen LogP contribution in [0.25, 0.3) is 11.0 Å². The van der Waals surface area contributed by atoms with Crippen LogP contribution in [0.2, 0.25) is 0 Å². The molecule has 4 aliphatic rings. The number of nitrogens with one attached hydrogen (secondary N) is 2. The Kier molecular flexibility index (Phi) is 8.07. The van der Waals surface area contributed by atoms with E-state index in [0.29, 0.717) is 36.0 Å². The molecule has 44 heavy (non-hydrogen) atoms. The molecule has 14 heteroatoms. The fourth-order valence-electron chi connectivity index (χ4n) is 6.11. The molecular formula is C30H37FN6O6S. The zero-order valence-corrected chi connectivity index (χ0v) is 25.3. The van der Waals surface area contributed by atoms with Crippen molar-refractivity contribution in [2.75, 3.05) is 6.54 Å². The molecule has 3 amide bonds. The highest BCUT2D eigenvalue weighted by Gasteiger charge is 2.62. The summed E-state index contributed by atoms with van der Waals surface area (Å²) in [6.45, 7) is 1.73. The van der Waals surface area contributed by atoms with Gasteiger partial charge < -0.3 is 20.7 Å².